The van der Waals surface area contributed by atoms with E-state index in [-0.39, 0.29) is 40.6 Å². The van der Waals surface area contributed by atoms with Crippen molar-refractivity contribution in [3.05, 3.63) is 0 Å². The highest BCUT2D eigenvalue weighted by molar-refractivity contribution is 8.23. The number of rotatable bonds is 2. The zero-order valence-corrected chi connectivity index (χ0v) is 11.9. The van der Waals surface area contributed by atoms with Crippen LogP contribution in [0.1, 0.15) is 12.8 Å². The van der Waals surface area contributed by atoms with E-state index in [0.29, 0.717) is 26.3 Å². The lowest BCUT2D eigenvalue weighted by Crippen LogP contribution is -2.42. The predicted molar refractivity (Wildman–Crippen MR) is 73.5 cm³/mol. The molecular formula is C11H14N2O4S2. The van der Waals surface area contributed by atoms with E-state index in [2.05, 4.69) is 0 Å². The number of imide groups is 1. The summed E-state index contributed by atoms with van der Waals surface area (Å²) >= 11 is 6.11. The lowest BCUT2D eigenvalue weighted by molar-refractivity contribution is -0.134. The van der Waals surface area contributed by atoms with E-state index in [1.54, 1.807) is 4.90 Å². The van der Waals surface area contributed by atoms with Crippen LogP contribution in [0.25, 0.3) is 0 Å². The predicted octanol–water partition coefficient (Wildman–Crippen LogP) is 0.0123. The summed E-state index contributed by atoms with van der Waals surface area (Å²) in [6, 6.07) is 0. The number of carbonyl (C=O) groups is 3. The van der Waals surface area contributed by atoms with Crippen LogP contribution in [0.2, 0.25) is 0 Å². The highest BCUT2D eigenvalue weighted by Gasteiger charge is 2.32. The van der Waals surface area contributed by atoms with Gasteiger partial charge in [-0.15, -0.1) is 0 Å². The summed E-state index contributed by atoms with van der Waals surface area (Å²) in [6.07, 6.45) is 0.411. The molecule has 0 aromatic heterocycles. The Bertz CT molecular complexity index is 405. The monoisotopic (exact) mass is 302 g/mol. The molecule has 104 valence electrons. The SMILES string of the molecule is O=C(CSC(=S)N1C(=O)CCC1=O)N1CCOCC1. The lowest BCUT2D eigenvalue weighted by Gasteiger charge is -2.26. The third-order valence-electron chi connectivity index (χ3n) is 2.92. The van der Waals surface area contributed by atoms with Crippen molar-refractivity contribution in [2.75, 3.05) is 32.1 Å². The molecule has 0 aromatic rings. The maximum absolute atomic E-state index is 11.9. The molecule has 0 spiro atoms. The molecule has 3 amide bonds. The lowest BCUT2D eigenvalue weighted by atomic mass is 10.4. The number of hydrogen-bond donors (Lipinski definition) is 0. The van der Waals surface area contributed by atoms with Crippen molar-refractivity contribution < 1.29 is 19.1 Å². The summed E-state index contributed by atoms with van der Waals surface area (Å²) in [5.74, 6) is -0.451. The van der Waals surface area contributed by atoms with E-state index < -0.39 is 0 Å². The fourth-order valence-corrected chi connectivity index (χ4v) is 3.01. The molecule has 0 radical (unpaired) electrons. The molecule has 2 heterocycles. The Labute approximate surface area is 120 Å². The van der Waals surface area contributed by atoms with Crippen LogP contribution >= 0.6 is 24.0 Å². The van der Waals surface area contributed by atoms with E-state index in [4.69, 9.17) is 17.0 Å². The summed E-state index contributed by atoms with van der Waals surface area (Å²) in [7, 11) is 0. The van der Waals surface area contributed by atoms with Gasteiger partial charge < -0.3 is 9.64 Å². The number of thioether (sulfide) groups is 1. The highest BCUT2D eigenvalue weighted by Crippen LogP contribution is 2.19. The van der Waals surface area contributed by atoms with Crippen LogP contribution in [0.5, 0.6) is 0 Å². The Morgan fingerprint density at radius 3 is 2.37 bits per heavy atom. The van der Waals surface area contributed by atoms with Crippen molar-refractivity contribution >= 4 is 46.0 Å². The maximum Gasteiger partial charge on any atom is 0.235 e. The molecule has 2 aliphatic heterocycles. The van der Waals surface area contributed by atoms with Crippen LogP contribution in [0, 0.1) is 0 Å². The first-order chi connectivity index (χ1) is 9.09. The van der Waals surface area contributed by atoms with Gasteiger partial charge in [0.15, 0.2) is 0 Å². The molecule has 2 rings (SSSR count). The van der Waals surface area contributed by atoms with Crippen molar-refractivity contribution in [2.24, 2.45) is 0 Å². The molecule has 19 heavy (non-hydrogen) atoms. The standard InChI is InChI=1S/C11H14N2O4S2/c14-8-1-2-9(15)13(8)11(18)19-7-10(16)12-3-5-17-6-4-12/h1-7H2. The van der Waals surface area contributed by atoms with Crippen molar-refractivity contribution in [2.45, 2.75) is 12.8 Å². The average Bonchev–Trinajstić information content (AvgIpc) is 2.76. The first kappa shape index (κ1) is 14.4. The zero-order valence-electron chi connectivity index (χ0n) is 10.3. The third kappa shape index (κ3) is 3.52. The van der Waals surface area contributed by atoms with Gasteiger partial charge in [-0.1, -0.05) is 24.0 Å². The fraction of sp³-hybridized carbons (Fsp3) is 0.636. The molecule has 0 saturated carbocycles. The first-order valence-corrected chi connectivity index (χ1v) is 7.37. The minimum absolute atomic E-state index is 0.0465. The minimum Gasteiger partial charge on any atom is -0.378 e. The zero-order chi connectivity index (χ0) is 13.8. The minimum atomic E-state index is -0.277. The molecule has 6 nitrogen and oxygen atoms in total. The van der Waals surface area contributed by atoms with E-state index in [1.165, 1.54) is 0 Å². The van der Waals surface area contributed by atoms with Crippen molar-refractivity contribution in [3.63, 3.8) is 0 Å². The second-order valence-electron chi connectivity index (χ2n) is 4.17. The molecule has 0 aliphatic carbocycles. The van der Waals surface area contributed by atoms with Crippen LogP contribution in [-0.4, -0.2) is 63.9 Å². The summed E-state index contributed by atoms with van der Waals surface area (Å²) in [4.78, 5) is 37.5. The van der Waals surface area contributed by atoms with E-state index in [9.17, 15) is 14.4 Å². The van der Waals surface area contributed by atoms with Crippen LogP contribution in [0.4, 0.5) is 0 Å². The quantitative estimate of drug-likeness (QED) is 0.529. The van der Waals surface area contributed by atoms with Crippen molar-refractivity contribution in [1.29, 1.82) is 0 Å². The van der Waals surface area contributed by atoms with Gasteiger partial charge in [0.05, 0.1) is 19.0 Å². The Morgan fingerprint density at radius 2 is 1.79 bits per heavy atom. The number of thiocarbonyl (C=S) groups is 1. The van der Waals surface area contributed by atoms with Gasteiger partial charge in [0.2, 0.25) is 17.7 Å². The number of hydrogen-bond acceptors (Lipinski definition) is 6. The summed E-state index contributed by atoms with van der Waals surface area (Å²) in [5, 5.41) is 0. The number of morpholine rings is 1. The molecule has 0 unspecified atom stereocenters. The smallest absolute Gasteiger partial charge is 0.235 e. The molecule has 2 saturated heterocycles. The van der Waals surface area contributed by atoms with E-state index in [1.807, 2.05) is 0 Å². The summed E-state index contributed by atoms with van der Waals surface area (Å²) < 4.78 is 5.34. The Morgan fingerprint density at radius 1 is 1.21 bits per heavy atom. The van der Waals surface area contributed by atoms with E-state index >= 15 is 0 Å². The molecular weight excluding hydrogens is 288 g/mol. The average molecular weight is 302 g/mol. The molecule has 2 aliphatic rings. The molecule has 0 aromatic carbocycles. The van der Waals surface area contributed by atoms with Crippen molar-refractivity contribution in [1.82, 2.24) is 9.80 Å². The van der Waals surface area contributed by atoms with Gasteiger partial charge in [-0.3, -0.25) is 14.4 Å². The van der Waals surface area contributed by atoms with Crippen molar-refractivity contribution in [3.8, 4) is 0 Å². The van der Waals surface area contributed by atoms with Crippen LogP contribution in [0.3, 0.4) is 0 Å². The highest BCUT2D eigenvalue weighted by atomic mass is 32.2. The molecule has 2 fully saturated rings. The number of carbonyl (C=O) groups excluding carboxylic acids is 3. The maximum atomic E-state index is 11.9. The van der Waals surface area contributed by atoms with Gasteiger partial charge in [0, 0.05) is 25.9 Å². The number of ether oxygens (including phenoxy) is 1. The molecule has 0 atom stereocenters. The third-order valence-corrected chi connectivity index (χ3v) is 4.27. The van der Waals surface area contributed by atoms with Gasteiger partial charge in [-0.2, -0.15) is 0 Å². The van der Waals surface area contributed by atoms with Crippen LogP contribution in [0.15, 0.2) is 0 Å². The van der Waals surface area contributed by atoms with Gasteiger partial charge in [0.1, 0.15) is 4.32 Å². The summed E-state index contributed by atoms with van der Waals surface area (Å²) in [5.41, 5.74) is 0. The second-order valence-corrected chi connectivity index (χ2v) is 5.78. The Balaban J connectivity index is 1.81. The normalized spacial score (nSPS) is 20.0. The molecule has 0 N–H and O–H groups in total. The molecule has 0 bridgehead atoms. The van der Waals surface area contributed by atoms with Gasteiger partial charge in [-0.25, -0.2) is 4.90 Å². The number of amides is 3. The topological polar surface area (TPSA) is 66.9 Å². The Hall–Kier alpha value is -0.990. The second kappa shape index (κ2) is 6.44. The van der Waals surface area contributed by atoms with Gasteiger partial charge >= 0.3 is 0 Å². The van der Waals surface area contributed by atoms with Crippen LogP contribution < -0.4 is 0 Å². The fourth-order valence-electron chi connectivity index (χ4n) is 1.87. The van der Waals surface area contributed by atoms with Gasteiger partial charge in [0.25, 0.3) is 0 Å². The first-order valence-electron chi connectivity index (χ1n) is 5.97. The van der Waals surface area contributed by atoms with E-state index in [0.717, 1.165) is 16.7 Å². The number of nitrogens with zero attached hydrogens (tertiary/aromatic N) is 2. The number of likely N-dealkylation sites (tertiary alicyclic amines) is 1. The molecule has 8 heteroatoms. The summed E-state index contributed by atoms with van der Waals surface area (Å²) in [6.45, 7) is 2.25. The van der Waals surface area contributed by atoms with Gasteiger partial charge in [-0.05, 0) is 0 Å². The Kier molecular flexibility index (Phi) is 4.89. The van der Waals surface area contributed by atoms with Crippen LogP contribution in [-0.2, 0) is 19.1 Å². The largest absolute Gasteiger partial charge is 0.378 e.